The van der Waals surface area contributed by atoms with Crippen LogP contribution in [0.2, 0.25) is 0 Å². The van der Waals surface area contributed by atoms with Crippen LogP contribution < -0.4 is 0 Å². The van der Waals surface area contributed by atoms with E-state index in [2.05, 4.69) is 16.7 Å². The fraction of sp³-hybridized carbons (Fsp3) is 0.765. The monoisotopic (exact) mass is 294 g/mol. The Morgan fingerprint density at radius 2 is 1.95 bits per heavy atom. The Morgan fingerprint density at radius 1 is 1.29 bits per heavy atom. The smallest absolute Gasteiger partial charge is 0.0900 e. The molecule has 1 N–H and O–H groups in total. The molecule has 0 spiro atoms. The maximum atomic E-state index is 10.1. The second-order valence-electron chi connectivity index (χ2n) is 6.19. The molecule has 2 unspecified atom stereocenters. The average molecular weight is 294 g/mol. The van der Waals surface area contributed by atoms with E-state index >= 15 is 0 Å². The first kappa shape index (κ1) is 16.5. The molecule has 1 aliphatic heterocycles. The van der Waals surface area contributed by atoms with Crippen LogP contribution in [0.25, 0.3) is 0 Å². The zero-order valence-electron chi connectivity index (χ0n) is 13.7. The number of hydrogen-bond acceptors (Lipinski definition) is 4. The molecule has 2 atom stereocenters. The molecule has 0 aromatic rings. The molecular weight excluding hydrogens is 264 g/mol. The third-order valence-electron chi connectivity index (χ3n) is 4.34. The lowest BCUT2D eigenvalue weighted by Crippen LogP contribution is -2.48. The molecule has 1 saturated carbocycles. The minimum atomic E-state index is -0.396. The zero-order valence-corrected chi connectivity index (χ0v) is 13.7. The maximum absolute atomic E-state index is 10.1. The molecule has 1 saturated heterocycles. The Hall–Kier alpha value is -0.840. The van der Waals surface area contributed by atoms with E-state index in [1.54, 1.807) is 5.57 Å². The molecular formula is C17H30N2O2. The molecule has 4 heteroatoms. The van der Waals surface area contributed by atoms with E-state index < -0.39 is 6.10 Å². The van der Waals surface area contributed by atoms with Crippen LogP contribution in [0.15, 0.2) is 23.4 Å². The van der Waals surface area contributed by atoms with Crippen molar-refractivity contribution in [2.45, 2.75) is 45.8 Å². The van der Waals surface area contributed by atoms with Crippen molar-refractivity contribution in [2.24, 2.45) is 0 Å². The van der Waals surface area contributed by atoms with E-state index in [1.165, 1.54) is 18.5 Å². The Bertz CT molecular complexity index is 378. The number of piperazine rings is 1. The van der Waals surface area contributed by atoms with E-state index in [-0.39, 0.29) is 6.10 Å². The molecule has 4 nitrogen and oxygen atoms in total. The van der Waals surface area contributed by atoms with E-state index in [9.17, 15) is 5.11 Å². The Labute approximate surface area is 129 Å². The van der Waals surface area contributed by atoms with Crippen LogP contribution in [0.4, 0.5) is 0 Å². The number of aliphatic hydroxyl groups excluding tert-OH is 1. The van der Waals surface area contributed by atoms with Crippen molar-refractivity contribution < 1.29 is 9.84 Å². The normalized spacial score (nSPS) is 22.7. The van der Waals surface area contributed by atoms with Crippen molar-refractivity contribution in [1.82, 2.24) is 9.80 Å². The lowest BCUT2D eigenvalue weighted by Gasteiger charge is -2.37. The highest BCUT2D eigenvalue weighted by Crippen LogP contribution is 2.33. The Morgan fingerprint density at radius 3 is 2.52 bits per heavy atom. The fourth-order valence-corrected chi connectivity index (χ4v) is 2.85. The number of ether oxygens (including phenoxy) is 1. The van der Waals surface area contributed by atoms with Gasteiger partial charge in [-0.05, 0) is 33.6 Å². The number of aliphatic hydroxyl groups is 1. The van der Waals surface area contributed by atoms with Gasteiger partial charge in [-0.25, -0.2) is 0 Å². The van der Waals surface area contributed by atoms with Crippen LogP contribution in [0.1, 0.15) is 33.6 Å². The van der Waals surface area contributed by atoms with Crippen LogP contribution in [-0.2, 0) is 4.74 Å². The Balaban J connectivity index is 1.65. The summed E-state index contributed by atoms with van der Waals surface area (Å²) in [5.74, 6) is 0. The van der Waals surface area contributed by atoms with E-state index in [0.29, 0.717) is 13.2 Å². The van der Waals surface area contributed by atoms with Gasteiger partial charge in [0, 0.05) is 38.4 Å². The predicted octanol–water partition coefficient (Wildman–Crippen LogP) is 2.01. The molecule has 0 radical (unpaired) electrons. The molecule has 0 bridgehead atoms. The SMILES string of the molecule is C/C=C\C(C)OCC(O)CN1CCN(C(C)=C2CC2)CC1. The summed E-state index contributed by atoms with van der Waals surface area (Å²) in [7, 11) is 0. The van der Waals surface area contributed by atoms with Crippen molar-refractivity contribution in [2.75, 3.05) is 39.3 Å². The standard InChI is InChI=1S/C17H30N2O2/c1-4-5-14(2)21-13-17(20)12-18-8-10-19(11-9-18)15(3)16-6-7-16/h4-5,14,17,20H,6-13H2,1-3H3/b5-4-. The van der Waals surface area contributed by atoms with Gasteiger partial charge in [0.05, 0.1) is 18.8 Å². The number of nitrogens with zero attached hydrogens (tertiary/aromatic N) is 2. The van der Waals surface area contributed by atoms with Gasteiger partial charge in [0.15, 0.2) is 0 Å². The quantitative estimate of drug-likeness (QED) is 0.729. The fourth-order valence-electron chi connectivity index (χ4n) is 2.85. The molecule has 1 heterocycles. The second kappa shape index (κ2) is 7.97. The number of rotatable bonds is 7. The number of hydrogen-bond donors (Lipinski definition) is 1. The molecule has 0 aromatic carbocycles. The van der Waals surface area contributed by atoms with Gasteiger partial charge in [-0.3, -0.25) is 4.90 Å². The van der Waals surface area contributed by atoms with E-state index in [0.717, 1.165) is 26.2 Å². The minimum Gasteiger partial charge on any atom is -0.389 e. The molecule has 2 aliphatic rings. The number of β-amino-alcohol motifs (C(OH)–C–C–N with tert-alkyl or cyclic N) is 1. The summed E-state index contributed by atoms with van der Waals surface area (Å²) in [5, 5.41) is 10.1. The maximum Gasteiger partial charge on any atom is 0.0900 e. The van der Waals surface area contributed by atoms with Gasteiger partial charge in [0.2, 0.25) is 0 Å². The summed E-state index contributed by atoms with van der Waals surface area (Å²) in [5.41, 5.74) is 3.13. The van der Waals surface area contributed by atoms with Crippen LogP contribution in [0, 0.1) is 0 Å². The molecule has 21 heavy (non-hydrogen) atoms. The number of allylic oxidation sites excluding steroid dienone is 3. The van der Waals surface area contributed by atoms with Gasteiger partial charge >= 0.3 is 0 Å². The molecule has 0 amide bonds. The van der Waals surface area contributed by atoms with Crippen LogP contribution in [-0.4, -0.2) is 66.4 Å². The predicted molar refractivity (Wildman–Crippen MR) is 86.2 cm³/mol. The molecule has 1 aliphatic carbocycles. The highest BCUT2D eigenvalue weighted by atomic mass is 16.5. The van der Waals surface area contributed by atoms with Crippen LogP contribution in [0.3, 0.4) is 0 Å². The zero-order chi connectivity index (χ0) is 15.2. The summed E-state index contributed by atoms with van der Waals surface area (Å²) < 4.78 is 5.60. The molecule has 0 aromatic heterocycles. The molecule has 2 fully saturated rings. The van der Waals surface area contributed by atoms with E-state index in [1.807, 2.05) is 26.0 Å². The van der Waals surface area contributed by atoms with Crippen molar-refractivity contribution >= 4 is 0 Å². The minimum absolute atomic E-state index is 0.0781. The lowest BCUT2D eigenvalue weighted by atomic mass is 10.2. The van der Waals surface area contributed by atoms with Gasteiger partial charge in [0.25, 0.3) is 0 Å². The molecule has 2 rings (SSSR count). The summed E-state index contributed by atoms with van der Waals surface area (Å²) >= 11 is 0. The summed E-state index contributed by atoms with van der Waals surface area (Å²) in [6.07, 6.45) is 6.26. The van der Waals surface area contributed by atoms with E-state index in [4.69, 9.17) is 4.74 Å². The first-order valence-corrected chi connectivity index (χ1v) is 8.18. The van der Waals surface area contributed by atoms with Gasteiger partial charge < -0.3 is 14.7 Å². The Kier molecular flexibility index (Phi) is 6.27. The van der Waals surface area contributed by atoms with Crippen molar-refractivity contribution in [1.29, 1.82) is 0 Å². The third kappa shape index (κ3) is 5.46. The molecule has 120 valence electrons. The highest BCUT2D eigenvalue weighted by molar-refractivity contribution is 5.23. The summed E-state index contributed by atoms with van der Waals surface area (Å²) in [6.45, 7) is 11.6. The second-order valence-corrected chi connectivity index (χ2v) is 6.19. The third-order valence-corrected chi connectivity index (χ3v) is 4.34. The van der Waals surface area contributed by atoms with Gasteiger partial charge in [-0.15, -0.1) is 0 Å². The van der Waals surface area contributed by atoms with Gasteiger partial charge in [0.1, 0.15) is 0 Å². The summed E-state index contributed by atoms with van der Waals surface area (Å²) in [6, 6.07) is 0. The van der Waals surface area contributed by atoms with Crippen LogP contribution >= 0.6 is 0 Å². The van der Waals surface area contributed by atoms with Crippen molar-refractivity contribution in [3.63, 3.8) is 0 Å². The lowest BCUT2D eigenvalue weighted by molar-refractivity contribution is -0.00524. The first-order chi connectivity index (χ1) is 10.1. The summed E-state index contributed by atoms with van der Waals surface area (Å²) in [4.78, 5) is 4.84. The van der Waals surface area contributed by atoms with Gasteiger partial charge in [-0.2, -0.15) is 0 Å². The van der Waals surface area contributed by atoms with Gasteiger partial charge in [-0.1, -0.05) is 17.7 Å². The van der Waals surface area contributed by atoms with Crippen molar-refractivity contribution in [3.8, 4) is 0 Å². The van der Waals surface area contributed by atoms with Crippen molar-refractivity contribution in [3.05, 3.63) is 23.4 Å². The topological polar surface area (TPSA) is 35.9 Å². The van der Waals surface area contributed by atoms with Crippen LogP contribution in [0.5, 0.6) is 0 Å². The average Bonchev–Trinajstić information content (AvgIpc) is 3.30. The largest absolute Gasteiger partial charge is 0.389 e. The first-order valence-electron chi connectivity index (χ1n) is 8.18. The highest BCUT2D eigenvalue weighted by Gasteiger charge is 2.23.